The molecule has 1 atom stereocenters. The number of Topliss-reactive ketones (excluding diaryl/α,β-unsaturated/α-hetero) is 1. The summed E-state index contributed by atoms with van der Waals surface area (Å²) in [5.41, 5.74) is -0.345. The Bertz CT molecular complexity index is 937. The fraction of sp³-hybridized carbons (Fsp3) is 0.211. The van der Waals surface area contributed by atoms with Gasteiger partial charge in [0.2, 0.25) is 5.91 Å². The Hall–Kier alpha value is -3.16. The molecule has 0 aromatic heterocycles. The number of carbonyl (C=O) groups is 3. The van der Waals surface area contributed by atoms with E-state index in [9.17, 15) is 27.6 Å². The second-order valence-corrected chi connectivity index (χ2v) is 6.06. The third kappa shape index (κ3) is 3.69. The van der Waals surface area contributed by atoms with Gasteiger partial charge in [0.1, 0.15) is 0 Å². The molecule has 5 nitrogen and oxygen atoms in total. The predicted octanol–water partition coefficient (Wildman–Crippen LogP) is 3.80. The zero-order valence-corrected chi connectivity index (χ0v) is 14.1. The number of anilines is 1. The summed E-state index contributed by atoms with van der Waals surface area (Å²) >= 11 is 0. The first-order valence-electron chi connectivity index (χ1n) is 8.00. The summed E-state index contributed by atoms with van der Waals surface area (Å²) in [6.45, 7) is 0.975. The lowest BCUT2D eigenvalue weighted by Gasteiger charge is -2.12. The quantitative estimate of drug-likeness (QED) is 0.650. The number of alkyl halides is 3. The van der Waals surface area contributed by atoms with Crippen LogP contribution in [-0.2, 0) is 15.7 Å². The van der Waals surface area contributed by atoms with Gasteiger partial charge in [-0.2, -0.15) is 13.2 Å². The first-order chi connectivity index (χ1) is 12.7. The topological polar surface area (TPSA) is 72.5 Å². The maximum Gasteiger partial charge on any atom is 0.417 e. The number of fused-ring (bicyclic) bond motifs is 1. The van der Waals surface area contributed by atoms with Crippen LogP contribution in [0.5, 0.6) is 0 Å². The molecule has 27 heavy (non-hydrogen) atoms. The van der Waals surface area contributed by atoms with E-state index in [1.165, 1.54) is 18.2 Å². The van der Waals surface area contributed by atoms with Crippen LogP contribution in [0.4, 0.5) is 18.9 Å². The average Bonchev–Trinajstić information content (AvgIpc) is 2.92. The van der Waals surface area contributed by atoms with Gasteiger partial charge in [0, 0.05) is 11.3 Å². The van der Waals surface area contributed by atoms with Crippen molar-refractivity contribution < 1.29 is 32.3 Å². The number of amides is 1. The number of halogens is 3. The summed E-state index contributed by atoms with van der Waals surface area (Å²) < 4.78 is 43.7. The van der Waals surface area contributed by atoms with Gasteiger partial charge in [-0.1, -0.05) is 12.1 Å². The minimum atomic E-state index is -4.71. The van der Waals surface area contributed by atoms with Gasteiger partial charge in [0.05, 0.1) is 17.0 Å². The summed E-state index contributed by atoms with van der Waals surface area (Å²) in [4.78, 5) is 35.9. The molecule has 2 aromatic carbocycles. The lowest BCUT2D eigenvalue weighted by Crippen LogP contribution is -2.18. The summed E-state index contributed by atoms with van der Waals surface area (Å²) in [7, 11) is 0. The van der Waals surface area contributed by atoms with Crippen LogP contribution in [0.15, 0.2) is 42.5 Å². The first kappa shape index (κ1) is 18.6. The van der Waals surface area contributed by atoms with Gasteiger partial charge in [-0.15, -0.1) is 0 Å². The van der Waals surface area contributed by atoms with Gasteiger partial charge < -0.3 is 10.1 Å². The van der Waals surface area contributed by atoms with E-state index < -0.39 is 41.6 Å². The molecule has 0 spiro atoms. The smallest absolute Gasteiger partial charge is 0.417 e. The van der Waals surface area contributed by atoms with Crippen molar-refractivity contribution >= 4 is 23.3 Å². The third-order valence-corrected chi connectivity index (χ3v) is 4.28. The van der Waals surface area contributed by atoms with Crippen LogP contribution in [0, 0.1) is 0 Å². The first-order valence-corrected chi connectivity index (χ1v) is 8.00. The summed E-state index contributed by atoms with van der Waals surface area (Å²) in [5, 5.41) is 2.66. The molecule has 0 saturated heterocycles. The molecule has 0 saturated carbocycles. The molecule has 3 rings (SSSR count). The van der Waals surface area contributed by atoms with E-state index >= 15 is 0 Å². The van der Waals surface area contributed by atoms with Crippen molar-refractivity contribution in [1.82, 2.24) is 0 Å². The molecule has 140 valence electrons. The van der Waals surface area contributed by atoms with Crippen molar-refractivity contribution in [2.45, 2.75) is 19.0 Å². The maximum absolute atomic E-state index is 13.0. The van der Waals surface area contributed by atoms with E-state index in [4.69, 9.17) is 4.74 Å². The summed E-state index contributed by atoms with van der Waals surface area (Å²) in [6.07, 6.45) is -4.71. The molecular formula is C19H14F3NO4. The highest BCUT2D eigenvalue weighted by molar-refractivity contribution is 6.05. The highest BCUT2D eigenvalue weighted by Gasteiger charge is 2.35. The van der Waals surface area contributed by atoms with Crippen LogP contribution >= 0.6 is 0 Å². The molecular weight excluding hydrogens is 363 g/mol. The SMILES string of the molecule is C[C@H]1C(=O)Nc2ccc(C(=O)COC(=O)c3ccccc3C(F)(F)F)cc21. The number of rotatable bonds is 4. The van der Waals surface area contributed by atoms with Gasteiger partial charge in [-0.25, -0.2) is 4.79 Å². The van der Waals surface area contributed by atoms with Gasteiger partial charge in [-0.05, 0) is 42.8 Å². The predicted molar refractivity (Wildman–Crippen MR) is 89.5 cm³/mol. The van der Waals surface area contributed by atoms with Crippen molar-refractivity contribution in [2.75, 3.05) is 11.9 Å². The van der Waals surface area contributed by atoms with Crippen LogP contribution < -0.4 is 5.32 Å². The number of hydrogen-bond acceptors (Lipinski definition) is 4. The Balaban J connectivity index is 1.72. The van der Waals surface area contributed by atoms with Crippen molar-refractivity contribution in [1.29, 1.82) is 0 Å². The monoisotopic (exact) mass is 377 g/mol. The molecule has 1 aliphatic heterocycles. The fourth-order valence-electron chi connectivity index (χ4n) is 2.79. The zero-order chi connectivity index (χ0) is 19.8. The van der Waals surface area contributed by atoms with Crippen molar-refractivity contribution in [2.24, 2.45) is 0 Å². The number of ketones is 1. The Morgan fingerprint density at radius 1 is 1.15 bits per heavy atom. The highest BCUT2D eigenvalue weighted by Crippen LogP contribution is 2.33. The molecule has 0 unspecified atom stereocenters. The van der Waals surface area contributed by atoms with Crippen LogP contribution in [0.1, 0.15) is 44.7 Å². The molecule has 8 heteroatoms. The molecule has 0 fully saturated rings. The Morgan fingerprint density at radius 2 is 1.85 bits per heavy atom. The summed E-state index contributed by atoms with van der Waals surface area (Å²) in [6, 6.07) is 8.72. The molecule has 2 aromatic rings. The van der Waals surface area contributed by atoms with Crippen molar-refractivity contribution in [3.63, 3.8) is 0 Å². The standard InChI is InChI=1S/C19H14F3NO4/c1-10-13-8-11(6-7-15(13)23-17(10)25)16(24)9-27-18(26)12-4-2-3-5-14(12)19(20,21)22/h2-8,10H,9H2,1H3,(H,23,25)/t10-/m1/s1. The number of nitrogens with one attached hydrogen (secondary N) is 1. The van der Waals surface area contributed by atoms with E-state index in [2.05, 4.69) is 5.32 Å². The number of benzene rings is 2. The summed E-state index contributed by atoms with van der Waals surface area (Å²) in [5.74, 6) is -2.43. The van der Waals surface area contributed by atoms with Gasteiger partial charge in [0.25, 0.3) is 0 Å². The second-order valence-electron chi connectivity index (χ2n) is 6.06. The lowest BCUT2D eigenvalue weighted by atomic mass is 9.99. The maximum atomic E-state index is 13.0. The van der Waals surface area contributed by atoms with Crippen LogP contribution in [0.3, 0.4) is 0 Å². The van der Waals surface area contributed by atoms with Crippen LogP contribution in [-0.4, -0.2) is 24.3 Å². The molecule has 1 N–H and O–H groups in total. The largest absolute Gasteiger partial charge is 0.454 e. The number of esters is 1. The molecule has 0 aliphatic carbocycles. The minimum absolute atomic E-state index is 0.190. The zero-order valence-electron chi connectivity index (χ0n) is 14.1. The van der Waals surface area contributed by atoms with Crippen LogP contribution in [0.25, 0.3) is 0 Å². The average molecular weight is 377 g/mol. The lowest BCUT2D eigenvalue weighted by molar-refractivity contribution is -0.138. The molecule has 0 bridgehead atoms. The Labute approximate surface area is 152 Å². The van der Waals surface area contributed by atoms with E-state index in [0.29, 0.717) is 11.3 Å². The van der Waals surface area contributed by atoms with E-state index in [0.717, 1.165) is 18.2 Å². The molecule has 1 aliphatic rings. The van der Waals surface area contributed by atoms with E-state index in [1.807, 2.05) is 0 Å². The van der Waals surface area contributed by atoms with E-state index in [1.54, 1.807) is 13.0 Å². The molecule has 1 heterocycles. The van der Waals surface area contributed by atoms with Crippen molar-refractivity contribution in [3.05, 3.63) is 64.7 Å². The molecule has 1 amide bonds. The molecule has 0 radical (unpaired) electrons. The normalized spacial score (nSPS) is 15.9. The van der Waals surface area contributed by atoms with Crippen molar-refractivity contribution in [3.8, 4) is 0 Å². The number of carbonyl (C=O) groups excluding carboxylic acids is 3. The van der Waals surface area contributed by atoms with E-state index in [-0.39, 0.29) is 11.5 Å². The second kappa shape index (κ2) is 6.86. The number of ether oxygens (including phenoxy) is 1. The Morgan fingerprint density at radius 3 is 2.56 bits per heavy atom. The van der Waals surface area contributed by atoms with Crippen LogP contribution in [0.2, 0.25) is 0 Å². The minimum Gasteiger partial charge on any atom is -0.454 e. The van der Waals surface area contributed by atoms with Gasteiger partial charge in [-0.3, -0.25) is 9.59 Å². The fourth-order valence-corrected chi connectivity index (χ4v) is 2.79. The Kier molecular flexibility index (Phi) is 4.73. The van der Waals surface area contributed by atoms with Gasteiger partial charge in [0.15, 0.2) is 12.4 Å². The highest BCUT2D eigenvalue weighted by atomic mass is 19.4. The number of hydrogen-bond donors (Lipinski definition) is 1. The third-order valence-electron chi connectivity index (χ3n) is 4.28. The van der Waals surface area contributed by atoms with Gasteiger partial charge >= 0.3 is 12.1 Å².